The molecular weight excluding hydrogens is 362 g/mol. The topological polar surface area (TPSA) is 61.8 Å². The molecular formula is C13H13BrClN3OS. The van der Waals surface area contributed by atoms with Gasteiger partial charge in [-0.1, -0.05) is 16.8 Å². The summed E-state index contributed by atoms with van der Waals surface area (Å²) in [4.78, 5) is 3.28. The molecule has 1 heterocycles. The number of thiophene rings is 1. The number of halogens is 2. The Morgan fingerprint density at radius 3 is 2.75 bits per heavy atom. The molecule has 0 bridgehead atoms. The van der Waals surface area contributed by atoms with E-state index in [0.717, 1.165) is 21.0 Å². The van der Waals surface area contributed by atoms with Gasteiger partial charge < -0.3 is 15.8 Å². The highest BCUT2D eigenvalue weighted by atomic mass is 79.9. The van der Waals surface area contributed by atoms with E-state index in [2.05, 4.69) is 26.0 Å². The summed E-state index contributed by atoms with van der Waals surface area (Å²) in [5.41, 5.74) is 7.25. The van der Waals surface area contributed by atoms with Crippen molar-refractivity contribution in [1.29, 1.82) is 0 Å². The quantitative estimate of drug-likeness (QED) is 0.369. The molecule has 0 unspecified atom stereocenters. The largest absolute Gasteiger partial charge is 0.409 e. The second-order valence-corrected chi connectivity index (χ2v) is 6.87. The molecule has 0 saturated carbocycles. The zero-order chi connectivity index (χ0) is 14.7. The van der Waals surface area contributed by atoms with E-state index >= 15 is 0 Å². The Labute approximate surface area is 134 Å². The molecule has 106 valence electrons. The predicted molar refractivity (Wildman–Crippen MR) is 88.1 cm³/mol. The van der Waals surface area contributed by atoms with Crippen molar-refractivity contribution in [3.05, 3.63) is 49.6 Å². The number of oxime groups is 1. The van der Waals surface area contributed by atoms with Gasteiger partial charge in [0.05, 0.1) is 16.6 Å². The van der Waals surface area contributed by atoms with Crippen LogP contribution in [0.25, 0.3) is 0 Å². The molecule has 0 aliphatic carbocycles. The molecule has 3 N–H and O–H groups in total. The van der Waals surface area contributed by atoms with Crippen molar-refractivity contribution in [1.82, 2.24) is 0 Å². The highest BCUT2D eigenvalue weighted by Gasteiger charge is 2.10. The van der Waals surface area contributed by atoms with Crippen LogP contribution in [0.3, 0.4) is 0 Å². The molecule has 0 atom stereocenters. The summed E-state index contributed by atoms with van der Waals surface area (Å²) in [7, 11) is 2.00. The van der Waals surface area contributed by atoms with E-state index in [9.17, 15) is 0 Å². The number of rotatable bonds is 4. The van der Waals surface area contributed by atoms with Crippen LogP contribution >= 0.6 is 38.9 Å². The summed E-state index contributed by atoms with van der Waals surface area (Å²) in [5, 5.41) is 11.7. The highest BCUT2D eigenvalue weighted by Crippen LogP contribution is 2.29. The smallest absolute Gasteiger partial charge is 0.170 e. The Morgan fingerprint density at radius 1 is 1.45 bits per heavy atom. The second-order valence-electron chi connectivity index (χ2n) is 4.21. The van der Waals surface area contributed by atoms with E-state index in [1.165, 1.54) is 4.88 Å². The number of hydrogen-bond donors (Lipinski definition) is 2. The number of benzene rings is 1. The minimum atomic E-state index is 0.0879. The van der Waals surface area contributed by atoms with E-state index in [0.29, 0.717) is 5.56 Å². The molecule has 0 saturated heterocycles. The monoisotopic (exact) mass is 373 g/mol. The fourth-order valence-electron chi connectivity index (χ4n) is 1.79. The summed E-state index contributed by atoms with van der Waals surface area (Å²) in [5.74, 6) is 0.0879. The molecule has 4 nitrogen and oxygen atoms in total. The van der Waals surface area contributed by atoms with E-state index in [1.54, 1.807) is 11.3 Å². The predicted octanol–water partition coefficient (Wildman–Crippen LogP) is 3.89. The SMILES string of the molecule is CN(Cc1ccc(Cl)s1)c1ccc(/C(N)=N/O)cc1Br. The van der Waals surface area contributed by atoms with Crippen LogP contribution in [0.1, 0.15) is 10.4 Å². The average Bonchev–Trinajstić information content (AvgIpc) is 2.82. The molecule has 0 spiro atoms. The number of hydrogen-bond acceptors (Lipinski definition) is 4. The van der Waals surface area contributed by atoms with Gasteiger partial charge >= 0.3 is 0 Å². The van der Waals surface area contributed by atoms with Crippen LogP contribution in [0.2, 0.25) is 4.34 Å². The van der Waals surface area contributed by atoms with Crippen molar-refractivity contribution in [2.24, 2.45) is 10.9 Å². The summed E-state index contributed by atoms with van der Waals surface area (Å²) in [6.45, 7) is 0.763. The molecule has 1 aromatic heterocycles. The van der Waals surface area contributed by atoms with Gasteiger partial charge in [0.1, 0.15) is 0 Å². The molecule has 0 aliphatic rings. The van der Waals surface area contributed by atoms with E-state index in [1.807, 2.05) is 37.4 Å². The van der Waals surface area contributed by atoms with Crippen LogP contribution in [0, 0.1) is 0 Å². The van der Waals surface area contributed by atoms with Crippen molar-refractivity contribution >= 4 is 50.4 Å². The van der Waals surface area contributed by atoms with Crippen LogP contribution < -0.4 is 10.6 Å². The van der Waals surface area contributed by atoms with Crippen molar-refractivity contribution < 1.29 is 5.21 Å². The molecule has 0 aliphatic heterocycles. The molecule has 0 radical (unpaired) electrons. The third kappa shape index (κ3) is 3.45. The van der Waals surface area contributed by atoms with E-state index < -0.39 is 0 Å². The fourth-order valence-corrected chi connectivity index (χ4v) is 3.61. The first-order valence-corrected chi connectivity index (χ1v) is 7.73. The van der Waals surface area contributed by atoms with Gasteiger partial charge in [0.25, 0.3) is 0 Å². The molecule has 7 heteroatoms. The summed E-state index contributed by atoms with van der Waals surface area (Å²) >= 11 is 11.0. The first kappa shape index (κ1) is 15.2. The first-order chi connectivity index (χ1) is 9.51. The van der Waals surface area contributed by atoms with Gasteiger partial charge in [-0.3, -0.25) is 0 Å². The fraction of sp³-hybridized carbons (Fsp3) is 0.154. The van der Waals surface area contributed by atoms with Crippen molar-refractivity contribution in [3.8, 4) is 0 Å². The maximum atomic E-state index is 8.68. The Balaban J connectivity index is 2.20. The van der Waals surface area contributed by atoms with Crippen LogP contribution in [0.4, 0.5) is 5.69 Å². The van der Waals surface area contributed by atoms with E-state index in [4.69, 9.17) is 22.5 Å². The zero-order valence-corrected chi connectivity index (χ0v) is 13.8. The molecule has 2 aromatic rings. The minimum absolute atomic E-state index is 0.0879. The Morgan fingerprint density at radius 2 is 2.20 bits per heavy atom. The van der Waals surface area contributed by atoms with Gasteiger partial charge in [-0.2, -0.15) is 0 Å². The van der Waals surface area contributed by atoms with Gasteiger partial charge in [-0.25, -0.2) is 0 Å². The Kier molecular flexibility index (Phi) is 4.91. The number of nitrogens with two attached hydrogens (primary N) is 1. The summed E-state index contributed by atoms with van der Waals surface area (Å²) < 4.78 is 1.67. The number of amidine groups is 1. The molecule has 0 amide bonds. The number of anilines is 1. The maximum absolute atomic E-state index is 8.68. The van der Waals surface area contributed by atoms with Gasteiger partial charge in [0, 0.05) is 22.0 Å². The first-order valence-electron chi connectivity index (χ1n) is 5.74. The van der Waals surface area contributed by atoms with Gasteiger partial charge in [-0.05, 0) is 46.3 Å². The van der Waals surface area contributed by atoms with Gasteiger partial charge in [0.15, 0.2) is 5.84 Å². The lowest BCUT2D eigenvalue weighted by atomic mass is 10.2. The number of nitrogens with zero attached hydrogens (tertiary/aromatic N) is 2. The Bertz CT molecular complexity index is 644. The van der Waals surface area contributed by atoms with E-state index in [-0.39, 0.29) is 5.84 Å². The highest BCUT2D eigenvalue weighted by molar-refractivity contribution is 9.10. The summed E-state index contributed by atoms with van der Waals surface area (Å²) in [6, 6.07) is 9.47. The van der Waals surface area contributed by atoms with Crippen LogP contribution in [-0.4, -0.2) is 18.1 Å². The summed E-state index contributed by atoms with van der Waals surface area (Å²) in [6.07, 6.45) is 0. The molecule has 1 aromatic carbocycles. The van der Waals surface area contributed by atoms with Crippen molar-refractivity contribution in [2.45, 2.75) is 6.54 Å². The molecule has 2 rings (SSSR count). The van der Waals surface area contributed by atoms with Crippen LogP contribution in [-0.2, 0) is 6.54 Å². The Hall–Kier alpha value is -1.24. The molecule has 20 heavy (non-hydrogen) atoms. The standard InChI is InChI=1S/C13H13BrClN3OS/c1-18(7-9-3-5-12(15)20-9)11-4-2-8(6-10(11)14)13(16)17-19/h2-6,19H,7H2,1H3,(H2,16,17). The van der Waals surface area contributed by atoms with Crippen molar-refractivity contribution in [3.63, 3.8) is 0 Å². The lowest BCUT2D eigenvalue weighted by molar-refractivity contribution is 0.318. The van der Waals surface area contributed by atoms with Gasteiger partial charge in [0.2, 0.25) is 0 Å². The van der Waals surface area contributed by atoms with Crippen molar-refractivity contribution in [2.75, 3.05) is 11.9 Å². The minimum Gasteiger partial charge on any atom is -0.409 e. The third-order valence-electron chi connectivity index (χ3n) is 2.78. The lowest BCUT2D eigenvalue weighted by Crippen LogP contribution is -2.17. The normalized spacial score (nSPS) is 11.7. The van der Waals surface area contributed by atoms with Crippen LogP contribution in [0.5, 0.6) is 0 Å². The molecule has 0 fully saturated rings. The second kappa shape index (κ2) is 6.47. The van der Waals surface area contributed by atoms with Gasteiger partial charge in [-0.15, -0.1) is 11.3 Å². The average molecular weight is 375 g/mol. The third-order valence-corrected chi connectivity index (χ3v) is 4.64. The maximum Gasteiger partial charge on any atom is 0.170 e. The van der Waals surface area contributed by atoms with Crippen LogP contribution in [0.15, 0.2) is 40.0 Å². The zero-order valence-electron chi connectivity index (χ0n) is 10.7. The lowest BCUT2D eigenvalue weighted by Gasteiger charge is -2.20.